The van der Waals surface area contributed by atoms with Crippen molar-refractivity contribution in [2.45, 2.75) is 38.3 Å². The summed E-state index contributed by atoms with van der Waals surface area (Å²) in [5, 5.41) is 2.85. The Kier molecular flexibility index (Phi) is 7.65. The van der Waals surface area contributed by atoms with Gasteiger partial charge < -0.3 is 15.0 Å². The standard InChI is InChI=1S/C28H31N3O5S/c1-19-14-20(2)27(21(3)15-19)37(34,35)30(4)18-26(32)31-17-25(36-24-13-9-8-12-23(24)31)28(33)29-16-22-10-6-5-7-11-22/h5-15,25H,16-18H2,1-4H3,(H,29,33)/t25-/m1/s1. The summed E-state index contributed by atoms with van der Waals surface area (Å²) in [6, 6.07) is 20.0. The molecule has 9 heteroatoms. The zero-order chi connectivity index (χ0) is 26.7. The first-order chi connectivity index (χ1) is 17.6. The largest absolute Gasteiger partial charge is 0.477 e. The minimum absolute atomic E-state index is 0.0348. The Morgan fingerprint density at radius 1 is 1.00 bits per heavy atom. The van der Waals surface area contributed by atoms with Crippen molar-refractivity contribution in [3.63, 3.8) is 0 Å². The Bertz CT molecular complexity index is 1400. The van der Waals surface area contributed by atoms with E-state index < -0.39 is 22.0 Å². The van der Waals surface area contributed by atoms with E-state index in [0.29, 0.717) is 29.1 Å². The molecule has 0 aromatic heterocycles. The monoisotopic (exact) mass is 521 g/mol. The van der Waals surface area contributed by atoms with Gasteiger partial charge in [0, 0.05) is 13.6 Å². The first-order valence-corrected chi connectivity index (χ1v) is 13.4. The van der Waals surface area contributed by atoms with Crippen LogP contribution in [0.2, 0.25) is 0 Å². The minimum Gasteiger partial charge on any atom is -0.477 e. The average molecular weight is 522 g/mol. The van der Waals surface area contributed by atoms with Crippen LogP contribution < -0.4 is 15.0 Å². The first kappa shape index (κ1) is 26.4. The molecule has 8 nitrogen and oxygen atoms in total. The van der Waals surface area contributed by atoms with E-state index in [1.54, 1.807) is 38.1 Å². The van der Waals surface area contributed by atoms with E-state index in [0.717, 1.165) is 15.4 Å². The maximum Gasteiger partial charge on any atom is 0.263 e. The third-order valence-electron chi connectivity index (χ3n) is 6.31. The van der Waals surface area contributed by atoms with Gasteiger partial charge in [-0.15, -0.1) is 0 Å². The zero-order valence-corrected chi connectivity index (χ0v) is 22.2. The number of sulfonamides is 1. The van der Waals surface area contributed by atoms with Crippen molar-refractivity contribution in [2.24, 2.45) is 0 Å². The molecule has 0 bridgehead atoms. The molecule has 3 aromatic rings. The number of carbonyl (C=O) groups excluding carboxylic acids is 2. The quantitative estimate of drug-likeness (QED) is 0.515. The van der Waals surface area contributed by atoms with Crippen LogP contribution in [-0.2, 0) is 26.2 Å². The zero-order valence-electron chi connectivity index (χ0n) is 21.4. The number of para-hydroxylation sites is 2. The van der Waals surface area contributed by atoms with Gasteiger partial charge in [0.1, 0.15) is 5.75 Å². The summed E-state index contributed by atoms with van der Waals surface area (Å²) in [5.74, 6) is -0.425. The molecule has 0 saturated heterocycles. The molecule has 0 spiro atoms. The lowest BCUT2D eigenvalue weighted by atomic mass is 10.1. The summed E-state index contributed by atoms with van der Waals surface area (Å²) in [6.07, 6.45) is -0.939. The van der Waals surface area contributed by atoms with Crippen molar-refractivity contribution in [1.29, 1.82) is 0 Å². The summed E-state index contributed by atoms with van der Waals surface area (Å²) in [5.41, 5.74) is 3.66. The normalized spacial score (nSPS) is 15.2. The van der Waals surface area contributed by atoms with Gasteiger partial charge in [-0.05, 0) is 49.6 Å². The molecule has 2 amide bonds. The Morgan fingerprint density at radius 3 is 2.30 bits per heavy atom. The van der Waals surface area contributed by atoms with Crippen molar-refractivity contribution in [3.05, 3.63) is 89.0 Å². The third kappa shape index (κ3) is 5.68. The number of hydrogen-bond donors (Lipinski definition) is 1. The molecule has 194 valence electrons. The number of ether oxygens (including phenoxy) is 1. The predicted octanol–water partition coefficient (Wildman–Crippen LogP) is 3.34. The van der Waals surface area contributed by atoms with Crippen LogP contribution >= 0.6 is 0 Å². The molecule has 0 aliphatic carbocycles. The summed E-state index contributed by atoms with van der Waals surface area (Å²) in [6.45, 7) is 5.31. The van der Waals surface area contributed by atoms with Crippen molar-refractivity contribution in [1.82, 2.24) is 9.62 Å². The lowest BCUT2D eigenvalue weighted by Gasteiger charge is -2.35. The van der Waals surface area contributed by atoms with E-state index in [4.69, 9.17) is 4.74 Å². The van der Waals surface area contributed by atoms with Gasteiger partial charge in [-0.25, -0.2) is 8.42 Å². The molecule has 1 N–H and O–H groups in total. The summed E-state index contributed by atoms with van der Waals surface area (Å²) in [4.78, 5) is 28.0. The number of anilines is 1. The van der Waals surface area contributed by atoms with Crippen molar-refractivity contribution < 1.29 is 22.7 Å². The molecule has 0 saturated carbocycles. The van der Waals surface area contributed by atoms with Crippen LogP contribution in [0.4, 0.5) is 5.69 Å². The SMILES string of the molecule is Cc1cc(C)c(S(=O)(=O)N(C)CC(=O)N2C[C@H](C(=O)NCc3ccccc3)Oc3ccccc32)c(C)c1. The average Bonchev–Trinajstić information content (AvgIpc) is 2.86. The van der Waals surface area contributed by atoms with Crippen LogP contribution in [0.25, 0.3) is 0 Å². The molecule has 37 heavy (non-hydrogen) atoms. The van der Waals surface area contributed by atoms with E-state index in [1.165, 1.54) is 11.9 Å². The second kappa shape index (κ2) is 10.7. The summed E-state index contributed by atoms with van der Waals surface area (Å²) in [7, 11) is -2.53. The van der Waals surface area contributed by atoms with E-state index >= 15 is 0 Å². The molecule has 0 unspecified atom stereocenters. The fraction of sp³-hybridized carbons (Fsp3) is 0.286. The van der Waals surface area contributed by atoms with Crippen molar-refractivity contribution >= 4 is 27.5 Å². The van der Waals surface area contributed by atoms with Gasteiger partial charge in [-0.3, -0.25) is 9.59 Å². The molecule has 1 atom stereocenters. The van der Waals surface area contributed by atoms with Gasteiger partial charge in [-0.2, -0.15) is 4.31 Å². The second-order valence-corrected chi connectivity index (χ2v) is 11.3. The number of hydrogen-bond acceptors (Lipinski definition) is 5. The van der Waals surface area contributed by atoms with E-state index in [9.17, 15) is 18.0 Å². The maximum absolute atomic E-state index is 13.5. The van der Waals surface area contributed by atoms with Crippen LogP contribution in [0.5, 0.6) is 5.75 Å². The van der Waals surface area contributed by atoms with Gasteiger partial charge in [-0.1, -0.05) is 60.2 Å². The third-order valence-corrected chi connectivity index (χ3v) is 8.42. The van der Waals surface area contributed by atoms with Gasteiger partial charge in [0.2, 0.25) is 15.9 Å². The van der Waals surface area contributed by atoms with Crippen LogP contribution in [0.1, 0.15) is 22.3 Å². The number of fused-ring (bicyclic) bond motifs is 1. The molecule has 4 rings (SSSR count). The maximum atomic E-state index is 13.5. The Balaban J connectivity index is 1.53. The van der Waals surface area contributed by atoms with E-state index in [-0.39, 0.29) is 23.9 Å². The van der Waals surface area contributed by atoms with E-state index in [2.05, 4.69) is 5.32 Å². The number of amides is 2. The van der Waals surface area contributed by atoms with Gasteiger partial charge in [0.15, 0.2) is 6.10 Å². The molecule has 3 aromatic carbocycles. The van der Waals surface area contributed by atoms with Crippen LogP contribution in [0.3, 0.4) is 0 Å². The molecular formula is C28H31N3O5S. The molecule has 1 aliphatic rings. The smallest absolute Gasteiger partial charge is 0.263 e. The number of rotatable bonds is 7. The number of benzene rings is 3. The summed E-state index contributed by atoms with van der Waals surface area (Å²) < 4.78 is 33.8. The minimum atomic E-state index is -3.92. The van der Waals surface area contributed by atoms with Gasteiger partial charge >= 0.3 is 0 Å². The highest BCUT2D eigenvalue weighted by Gasteiger charge is 2.35. The highest BCUT2D eigenvalue weighted by atomic mass is 32.2. The number of likely N-dealkylation sites (N-methyl/N-ethyl adjacent to an activating group) is 1. The van der Waals surface area contributed by atoms with Gasteiger partial charge in [0.05, 0.1) is 23.7 Å². The first-order valence-electron chi connectivity index (χ1n) is 12.0. The van der Waals surface area contributed by atoms with Gasteiger partial charge in [0.25, 0.3) is 5.91 Å². The van der Waals surface area contributed by atoms with Crippen molar-refractivity contribution in [2.75, 3.05) is 25.0 Å². The van der Waals surface area contributed by atoms with Crippen LogP contribution in [-0.4, -0.2) is 50.8 Å². The van der Waals surface area contributed by atoms with E-state index in [1.807, 2.05) is 49.4 Å². The topological polar surface area (TPSA) is 96.0 Å². The molecule has 1 aliphatic heterocycles. The fourth-order valence-corrected chi connectivity index (χ4v) is 6.12. The Morgan fingerprint density at radius 2 is 1.62 bits per heavy atom. The lowest BCUT2D eigenvalue weighted by molar-refractivity contribution is -0.128. The second-order valence-electron chi connectivity index (χ2n) is 9.27. The van der Waals surface area contributed by atoms with Crippen LogP contribution in [0, 0.1) is 20.8 Å². The molecule has 1 heterocycles. The lowest BCUT2D eigenvalue weighted by Crippen LogP contribution is -2.52. The fourth-order valence-electron chi connectivity index (χ4n) is 4.60. The Labute approximate surface area is 217 Å². The number of nitrogens with zero attached hydrogens (tertiary/aromatic N) is 2. The molecular weight excluding hydrogens is 490 g/mol. The van der Waals surface area contributed by atoms with Crippen molar-refractivity contribution in [3.8, 4) is 5.75 Å². The predicted molar refractivity (Wildman–Crippen MR) is 142 cm³/mol. The Hall–Kier alpha value is -3.69. The number of carbonyl (C=O) groups is 2. The number of aryl methyl sites for hydroxylation is 3. The highest BCUT2D eigenvalue weighted by Crippen LogP contribution is 2.33. The summed E-state index contributed by atoms with van der Waals surface area (Å²) >= 11 is 0. The molecule has 0 radical (unpaired) electrons. The highest BCUT2D eigenvalue weighted by molar-refractivity contribution is 7.89. The molecule has 0 fully saturated rings. The van der Waals surface area contributed by atoms with Crippen LogP contribution in [0.15, 0.2) is 71.6 Å². The number of nitrogens with one attached hydrogen (secondary N) is 1.